The quantitative estimate of drug-likeness (QED) is 0.884. The second-order valence-corrected chi connectivity index (χ2v) is 6.72. The van der Waals surface area contributed by atoms with Crippen molar-refractivity contribution in [2.45, 2.75) is 24.2 Å². The highest BCUT2D eigenvalue weighted by atomic mass is 79.9. The number of halogens is 1. The Labute approximate surface area is 114 Å². The molecule has 1 aromatic carbocycles. The number of hydrogen-bond acceptors (Lipinski definition) is 3. The molecule has 0 aromatic heterocycles. The number of nitrogens with two attached hydrogens (primary N) is 1. The second kappa shape index (κ2) is 4.99. The van der Waals surface area contributed by atoms with Crippen LogP contribution in [0.15, 0.2) is 27.6 Å². The lowest BCUT2D eigenvalue weighted by atomic mass is 9.85. The average Bonchev–Trinajstić information content (AvgIpc) is 2.16. The van der Waals surface area contributed by atoms with Gasteiger partial charge in [0, 0.05) is 10.4 Å². The Morgan fingerprint density at radius 1 is 1.39 bits per heavy atom. The second-order valence-electron chi connectivity index (χ2n) is 4.30. The van der Waals surface area contributed by atoms with Crippen molar-refractivity contribution >= 4 is 37.5 Å². The maximum Gasteiger partial charge on any atom is 0.238 e. The van der Waals surface area contributed by atoms with Crippen LogP contribution in [-0.4, -0.2) is 14.3 Å². The summed E-state index contributed by atoms with van der Waals surface area (Å²) < 4.78 is 22.8. The van der Waals surface area contributed by atoms with E-state index >= 15 is 0 Å². The van der Waals surface area contributed by atoms with Crippen molar-refractivity contribution in [1.29, 1.82) is 0 Å². The van der Waals surface area contributed by atoms with Gasteiger partial charge in [-0.05, 0) is 47.0 Å². The van der Waals surface area contributed by atoms with Crippen LogP contribution in [-0.2, 0) is 14.8 Å². The van der Waals surface area contributed by atoms with Crippen LogP contribution < -0.4 is 10.5 Å². The molecule has 1 amide bonds. The van der Waals surface area contributed by atoms with Gasteiger partial charge in [-0.2, -0.15) is 0 Å². The van der Waals surface area contributed by atoms with Gasteiger partial charge in [-0.25, -0.2) is 13.6 Å². The van der Waals surface area contributed by atoms with Gasteiger partial charge in [0.05, 0.1) is 10.6 Å². The number of sulfonamides is 1. The molecule has 1 saturated carbocycles. The normalized spacial score (nSPS) is 16.1. The first-order valence-electron chi connectivity index (χ1n) is 5.51. The molecule has 2 rings (SSSR count). The molecule has 1 fully saturated rings. The van der Waals surface area contributed by atoms with E-state index in [1.807, 2.05) is 0 Å². The van der Waals surface area contributed by atoms with Gasteiger partial charge in [-0.15, -0.1) is 0 Å². The molecule has 3 N–H and O–H groups in total. The van der Waals surface area contributed by atoms with Gasteiger partial charge in [0.25, 0.3) is 0 Å². The molecule has 0 unspecified atom stereocenters. The zero-order valence-corrected chi connectivity index (χ0v) is 11.9. The molecule has 0 atom stereocenters. The Morgan fingerprint density at radius 3 is 2.50 bits per heavy atom. The molecule has 1 aliphatic carbocycles. The predicted octanol–water partition coefficient (Wildman–Crippen LogP) is 1.84. The first-order valence-corrected chi connectivity index (χ1v) is 7.85. The molecule has 5 nitrogen and oxygen atoms in total. The largest absolute Gasteiger partial charge is 0.325 e. The molecular formula is C11H13BrN2O3S. The van der Waals surface area contributed by atoms with Gasteiger partial charge in [-0.3, -0.25) is 4.79 Å². The molecule has 18 heavy (non-hydrogen) atoms. The van der Waals surface area contributed by atoms with Crippen molar-refractivity contribution in [3.8, 4) is 0 Å². The van der Waals surface area contributed by atoms with Crippen molar-refractivity contribution in [2.24, 2.45) is 11.1 Å². The van der Waals surface area contributed by atoms with E-state index in [2.05, 4.69) is 21.2 Å². The zero-order valence-electron chi connectivity index (χ0n) is 9.52. The fraction of sp³-hybridized carbons (Fsp3) is 0.364. The first kappa shape index (κ1) is 13.5. The summed E-state index contributed by atoms with van der Waals surface area (Å²) in [6.07, 6.45) is 2.92. The van der Waals surface area contributed by atoms with E-state index in [4.69, 9.17) is 5.14 Å². The molecule has 0 aliphatic heterocycles. The minimum absolute atomic E-state index is 0.0102. The highest BCUT2D eigenvalue weighted by Crippen LogP contribution is 2.30. The van der Waals surface area contributed by atoms with Gasteiger partial charge in [0.2, 0.25) is 15.9 Å². The highest BCUT2D eigenvalue weighted by Gasteiger charge is 2.25. The van der Waals surface area contributed by atoms with Crippen molar-refractivity contribution in [1.82, 2.24) is 0 Å². The molecule has 0 bridgehead atoms. The summed E-state index contributed by atoms with van der Waals surface area (Å²) in [6.45, 7) is 0. The lowest BCUT2D eigenvalue weighted by molar-refractivity contribution is -0.122. The maximum absolute atomic E-state index is 11.8. The summed E-state index contributed by atoms with van der Waals surface area (Å²) in [7, 11) is -3.72. The molecule has 0 spiro atoms. The van der Waals surface area contributed by atoms with Crippen LogP contribution in [0.3, 0.4) is 0 Å². The molecule has 1 aliphatic rings. The summed E-state index contributed by atoms with van der Waals surface area (Å²) in [5.41, 5.74) is 0.555. The lowest BCUT2D eigenvalue weighted by Crippen LogP contribution is -2.28. The Morgan fingerprint density at radius 2 is 2.06 bits per heavy atom. The number of anilines is 1. The summed E-state index contributed by atoms with van der Waals surface area (Å²) in [5, 5.41) is 7.79. The average molecular weight is 333 g/mol. The highest BCUT2D eigenvalue weighted by molar-refractivity contribution is 9.10. The van der Waals surface area contributed by atoms with Crippen LogP contribution in [0.1, 0.15) is 19.3 Å². The number of primary sulfonamides is 1. The third kappa shape index (κ3) is 2.90. The fourth-order valence-corrected chi connectivity index (χ4v) is 2.85. The first-order chi connectivity index (χ1) is 8.38. The fourth-order valence-electron chi connectivity index (χ4n) is 1.68. The zero-order chi connectivity index (χ0) is 13.3. The van der Waals surface area contributed by atoms with Crippen molar-refractivity contribution < 1.29 is 13.2 Å². The number of amides is 1. The standard InChI is InChI=1S/C11H13BrN2O3S/c12-9-6-8(18(13,16)17)4-5-10(9)14-11(15)7-2-1-3-7/h4-7H,1-3H2,(H,14,15)(H2,13,16,17). The minimum Gasteiger partial charge on any atom is -0.325 e. The van der Waals surface area contributed by atoms with Crippen LogP contribution in [0.2, 0.25) is 0 Å². The van der Waals surface area contributed by atoms with E-state index < -0.39 is 10.0 Å². The maximum atomic E-state index is 11.8. The SMILES string of the molecule is NS(=O)(=O)c1ccc(NC(=O)C2CCC2)c(Br)c1. The van der Waals surface area contributed by atoms with E-state index in [1.54, 1.807) is 0 Å². The molecular weight excluding hydrogens is 320 g/mol. The summed E-state index contributed by atoms with van der Waals surface area (Å²) in [6, 6.07) is 4.28. The number of rotatable bonds is 3. The Bertz CT molecular complexity index is 582. The van der Waals surface area contributed by atoms with Crippen LogP contribution in [0, 0.1) is 5.92 Å². The third-order valence-electron chi connectivity index (χ3n) is 3.00. The Hall–Kier alpha value is -0.920. The van der Waals surface area contributed by atoms with E-state index in [9.17, 15) is 13.2 Å². The van der Waals surface area contributed by atoms with Gasteiger partial charge in [0.1, 0.15) is 0 Å². The number of nitrogens with one attached hydrogen (secondary N) is 1. The molecule has 7 heteroatoms. The van der Waals surface area contributed by atoms with Gasteiger partial charge in [-0.1, -0.05) is 6.42 Å². The molecule has 98 valence electrons. The Balaban J connectivity index is 2.17. The lowest BCUT2D eigenvalue weighted by Gasteiger charge is -2.24. The minimum atomic E-state index is -3.72. The molecule has 0 heterocycles. The Kier molecular flexibility index (Phi) is 3.74. The summed E-state index contributed by atoms with van der Waals surface area (Å²) >= 11 is 3.22. The molecule has 0 saturated heterocycles. The van der Waals surface area contributed by atoms with Crippen molar-refractivity contribution in [3.05, 3.63) is 22.7 Å². The van der Waals surface area contributed by atoms with Gasteiger partial charge in [0.15, 0.2) is 0 Å². The topological polar surface area (TPSA) is 89.3 Å². The number of carbonyl (C=O) groups is 1. The van der Waals surface area contributed by atoms with E-state index in [0.29, 0.717) is 10.2 Å². The van der Waals surface area contributed by atoms with Gasteiger partial charge < -0.3 is 5.32 Å². The summed E-state index contributed by atoms with van der Waals surface area (Å²) in [4.78, 5) is 11.8. The number of hydrogen-bond donors (Lipinski definition) is 2. The van der Waals surface area contributed by atoms with E-state index in [-0.39, 0.29) is 16.7 Å². The van der Waals surface area contributed by atoms with Crippen molar-refractivity contribution in [2.75, 3.05) is 5.32 Å². The van der Waals surface area contributed by atoms with Crippen molar-refractivity contribution in [3.63, 3.8) is 0 Å². The van der Waals surface area contributed by atoms with Gasteiger partial charge >= 0.3 is 0 Å². The summed E-state index contributed by atoms with van der Waals surface area (Å²) in [5.74, 6) is 0.0557. The van der Waals surface area contributed by atoms with E-state index in [1.165, 1.54) is 18.2 Å². The number of carbonyl (C=O) groups excluding carboxylic acids is 1. The third-order valence-corrected chi connectivity index (χ3v) is 4.57. The monoisotopic (exact) mass is 332 g/mol. The predicted molar refractivity (Wildman–Crippen MR) is 71.5 cm³/mol. The number of benzene rings is 1. The smallest absolute Gasteiger partial charge is 0.238 e. The van der Waals surface area contributed by atoms with Crippen LogP contribution in [0.5, 0.6) is 0 Å². The molecule has 1 aromatic rings. The molecule has 0 radical (unpaired) electrons. The van der Waals surface area contributed by atoms with Crippen LogP contribution in [0.25, 0.3) is 0 Å². The van der Waals surface area contributed by atoms with Crippen LogP contribution in [0.4, 0.5) is 5.69 Å². The van der Waals surface area contributed by atoms with Crippen LogP contribution >= 0.6 is 15.9 Å². The van der Waals surface area contributed by atoms with E-state index in [0.717, 1.165) is 19.3 Å².